The molecule has 0 amide bonds. The van der Waals surface area contributed by atoms with Crippen LogP contribution >= 0.6 is 0 Å². The van der Waals surface area contributed by atoms with Crippen LogP contribution in [0.5, 0.6) is 0 Å². The van der Waals surface area contributed by atoms with Crippen molar-refractivity contribution in [3.8, 4) is 0 Å². The van der Waals surface area contributed by atoms with Gasteiger partial charge in [-0.2, -0.15) is 5.10 Å². The summed E-state index contributed by atoms with van der Waals surface area (Å²) < 4.78 is 6.73. The summed E-state index contributed by atoms with van der Waals surface area (Å²) in [5, 5.41) is 7.50. The van der Waals surface area contributed by atoms with Crippen molar-refractivity contribution in [2.45, 2.75) is 6.54 Å². The van der Waals surface area contributed by atoms with E-state index < -0.39 is 0 Å². The van der Waals surface area contributed by atoms with Crippen molar-refractivity contribution < 1.29 is 4.74 Å². The lowest BCUT2D eigenvalue weighted by molar-refractivity contribution is 0.161. The Hall–Kier alpha value is -1.17. The molecular weight excluding hydrogens is 216 g/mol. The summed E-state index contributed by atoms with van der Waals surface area (Å²) in [7, 11) is 3.82. The summed E-state index contributed by atoms with van der Waals surface area (Å²) in [6, 6.07) is 0. The van der Waals surface area contributed by atoms with Crippen molar-refractivity contribution in [1.82, 2.24) is 20.0 Å². The molecule has 0 aliphatic heterocycles. The number of aromatic nitrogens is 2. The van der Waals surface area contributed by atoms with Crippen molar-refractivity contribution >= 4 is 6.20 Å². The van der Waals surface area contributed by atoms with E-state index in [2.05, 4.69) is 28.9 Å². The lowest BCUT2D eigenvalue weighted by atomic mass is 10.3. The van der Waals surface area contributed by atoms with Crippen LogP contribution in [0.1, 0.15) is 5.56 Å². The minimum Gasteiger partial charge on any atom is -0.383 e. The number of nitrogens with zero attached hydrogens (tertiary/aromatic N) is 3. The van der Waals surface area contributed by atoms with Gasteiger partial charge in [0.25, 0.3) is 0 Å². The lowest BCUT2D eigenvalue weighted by Crippen LogP contribution is -2.31. The first-order valence-electron chi connectivity index (χ1n) is 5.80. The Morgan fingerprint density at radius 1 is 1.59 bits per heavy atom. The molecule has 1 aromatic rings. The molecule has 1 N–H and O–H groups in total. The fourth-order valence-corrected chi connectivity index (χ4v) is 1.43. The predicted molar refractivity (Wildman–Crippen MR) is 69.7 cm³/mol. The van der Waals surface area contributed by atoms with Crippen LogP contribution in [-0.2, 0) is 11.3 Å². The quantitative estimate of drug-likeness (QED) is 0.642. The molecule has 0 aliphatic carbocycles. The minimum absolute atomic E-state index is 0.780. The second-order valence-corrected chi connectivity index (χ2v) is 3.98. The molecule has 96 valence electrons. The van der Waals surface area contributed by atoms with Crippen LogP contribution in [0.3, 0.4) is 0 Å². The zero-order valence-corrected chi connectivity index (χ0v) is 10.7. The maximum atomic E-state index is 5.02. The van der Waals surface area contributed by atoms with Gasteiger partial charge in [-0.3, -0.25) is 0 Å². The van der Waals surface area contributed by atoms with Crippen LogP contribution in [0, 0.1) is 0 Å². The second-order valence-electron chi connectivity index (χ2n) is 3.98. The fraction of sp³-hybridized carbons (Fsp3) is 0.583. The third kappa shape index (κ3) is 5.63. The number of methoxy groups -OCH3 is 1. The molecule has 17 heavy (non-hydrogen) atoms. The van der Waals surface area contributed by atoms with Crippen LogP contribution in [-0.4, -0.2) is 55.1 Å². The third-order valence-corrected chi connectivity index (χ3v) is 2.52. The van der Waals surface area contributed by atoms with Crippen LogP contribution in [0.15, 0.2) is 19.0 Å². The molecule has 1 aromatic heterocycles. The number of likely N-dealkylation sites (N-methyl/N-ethyl adjacent to an activating group) is 1. The molecule has 0 unspecified atom stereocenters. The highest BCUT2D eigenvalue weighted by Crippen LogP contribution is 1.96. The van der Waals surface area contributed by atoms with E-state index in [1.54, 1.807) is 18.0 Å². The van der Waals surface area contributed by atoms with Gasteiger partial charge in [0.15, 0.2) is 0 Å². The highest BCUT2D eigenvalue weighted by molar-refractivity contribution is 5.17. The summed E-state index contributed by atoms with van der Waals surface area (Å²) in [6.07, 6.45) is 5.50. The maximum absolute atomic E-state index is 5.02. The average molecular weight is 238 g/mol. The van der Waals surface area contributed by atoms with Gasteiger partial charge in [-0.1, -0.05) is 6.58 Å². The monoisotopic (exact) mass is 238 g/mol. The topological polar surface area (TPSA) is 42.3 Å². The zero-order chi connectivity index (χ0) is 12.5. The summed E-state index contributed by atoms with van der Waals surface area (Å²) in [4.78, 5) is 2.24. The number of hydrogen-bond donors (Lipinski definition) is 1. The molecule has 0 bridgehead atoms. The van der Waals surface area contributed by atoms with E-state index in [-0.39, 0.29) is 0 Å². The highest BCUT2D eigenvalue weighted by atomic mass is 16.5. The van der Waals surface area contributed by atoms with Crippen LogP contribution < -0.4 is 5.32 Å². The van der Waals surface area contributed by atoms with E-state index in [0.717, 1.165) is 32.8 Å². The number of hydrogen-bond acceptors (Lipinski definition) is 4. The molecule has 0 spiro atoms. The molecule has 5 nitrogen and oxygen atoms in total. The molecule has 1 rings (SSSR count). The molecule has 0 fully saturated rings. The van der Waals surface area contributed by atoms with Crippen LogP contribution in [0.4, 0.5) is 0 Å². The Labute approximate surface area is 103 Å². The maximum Gasteiger partial charge on any atom is 0.0589 e. The Balaban J connectivity index is 2.09. The first kappa shape index (κ1) is 13.9. The normalized spacial score (nSPS) is 11.0. The Kier molecular flexibility index (Phi) is 6.54. The van der Waals surface area contributed by atoms with Crippen molar-refractivity contribution in [3.63, 3.8) is 0 Å². The van der Waals surface area contributed by atoms with Gasteiger partial charge in [-0.25, -0.2) is 4.68 Å². The fourth-order valence-electron chi connectivity index (χ4n) is 1.43. The zero-order valence-electron chi connectivity index (χ0n) is 10.7. The Morgan fingerprint density at radius 3 is 3.06 bits per heavy atom. The van der Waals surface area contributed by atoms with E-state index >= 15 is 0 Å². The molecular formula is C12H22N4O. The van der Waals surface area contributed by atoms with Gasteiger partial charge in [0.1, 0.15) is 0 Å². The first-order valence-corrected chi connectivity index (χ1v) is 5.80. The summed E-state index contributed by atoms with van der Waals surface area (Å²) >= 11 is 0. The molecule has 0 aliphatic rings. The summed E-state index contributed by atoms with van der Waals surface area (Å²) in [6.45, 7) is 8.21. The number of rotatable bonds is 9. The number of ether oxygens (including phenoxy) is 1. The standard InChI is InChI=1S/C12H22N4O/c1-4-16-11-12(10-14-16)9-13-5-6-15(2)7-8-17-3/h4,10-11,13H,1,5-9H2,2-3H3. The van der Waals surface area contributed by atoms with Gasteiger partial charge >= 0.3 is 0 Å². The minimum atomic E-state index is 0.780. The molecule has 0 atom stereocenters. The molecule has 0 saturated heterocycles. The SMILES string of the molecule is C=Cn1cc(CNCCN(C)CCOC)cn1. The average Bonchev–Trinajstić information content (AvgIpc) is 2.80. The summed E-state index contributed by atoms with van der Waals surface area (Å²) in [5.41, 5.74) is 1.17. The smallest absolute Gasteiger partial charge is 0.0589 e. The van der Waals surface area contributed by atoms with E-state index in [1.807, 2.05) is 12.4 Å². The van der Waals surface area contributed by atoms with Crippen molar-refractivity contribution in [2.75, 3.05) is 40.4 Å². The lowest BCUT2D eigenvalue weighted by Gasteiger charge is -2.15. The largest absolute Gasteiger partial charge is 0.383 e. The molecule has 1 heterocycles. The second kappa shape index (κ2) is 8.00. The van der Waals surface area contributed by atoms with E-state index in [4.69, 9.17) is 4.74 Å². The Bertz CT molecular complexity index is 324. The van der Waals surface area contributed by atoms with Gasteiger partial charge in [-0.15, -0.1) is 0 Å². The Morgan fingerprint density at radius 2 is 2.41 bits per heavy atom. The van der Waals surface area contributed by atoms with E-state index in [9.17, 15) is 0 Å². The van der Waals surface area contributed by atoms with Gasteiger partial charge < -0.3 is 15.0 Å². The van der Waals surface area contributed by atoms with Crippen molar-refractivity contribution in [3.05, 3.63) is 24.5 Å². The van der Waals surface area contributed by atoms with Crippen molar-refractivity contribution in [2.24, 2.45) is 0 Å². The first-order chi connectivity index (χ1) is 8.26. The third-order valence-electron chi connectivity index (χ3n) is 2.52. The van der Waals surface area contributed by atoms with Crippen LogP contribution in [0.2, 0.25) is 0 Å². The van der Waals surface area contributed by atoms with E-state index in [1.165, 1.54) is 5.56 Å². The van der Waals surface area contributed by atoms with Gasteiger partial charge in [0, 0.05) is 51.2 Å². The van der Waals surface area contributed by atoms with Gasteiger partial charge in [-0.05, 0) is 7.05 Å². The van der Waals surface area contributed by atoms with Crippen LogP contribution in [0.25, 0.3) is 6.20 Å². The molecule has 0 aromatic carbocycles. The number of nitrogens with one attached hydrogen (secondary N) is 1. The summed E-state index contributed by atoms with van der Waals surface area (Å²) in [5.74, 6) is 0. The predicted octanol–water partition coefficient (Wildman–Crippen LogP) is 0.651. The molecule has 5 heteroatoms. The van der Waals surface area contributed by atoms with E-state index in [0.29, 0.717) is 0 Å². The van der Waals surface area contributed by atoms with Crippen molar-refractivity contribution in [1.29, 1.82) is 0 Å². The van der Waals surface area contributed by atoms with Gasteiger partial charge in [0.2, 0.25) is 0 Å². The molecule has 0 radical (unpaired) electrons. The highest BCUT2D eigenvalue weighted by Gasteiger charge is 1.98. The molecule has 0 saturated carbocycles. The van der Waals surface area contributed by atoms with Gasteiger partial charge in [0.05, 0.1) is 12.8 Å².